The number of anilines is 2. The number of carbonyl (C=O) groups excluding carboxylic acids is 2. The first-order valence-corrected chi connectivity index (χ1v) is 9.96. The van der Waals surface area contributed by atoms with Crippen LogP contribution in [-0.4, -0.2) is 35.8 Å². The van der Waals surface area contributed by atoms with E-state index in [-0.39, 0.29) is 17.9 Å². The number of piperidine rings is 1. The van der Waals surface area contributed by atoms with Crippen molar-refractivity contribution < 1.29 is 9.59 Å². The average molecular weight is 380 g/mol. The van der Waals surface area contributed by atoms with E-state index in [2.05, 4.69) is 48.7 Å². The molecule has 2 aromatic carbocycles. The molecule has 5 heteroatoms. The Morgan fingerprint density at radius 2 is 1.82 bits per heavy atom. The average Bonchev–Trinajstić information content (AvgIpc) is 2.68. The van der Waals surface area contributed by atoms with Gasteiger partial charge >= 0.3 is 0 Å². The highest BCUT2D eigenvalue weighted by molar-refractivity contribution is 5.96. The minimum absolute atomic E-state index is 0.00820. The van der Waals surface area contributed by atoms with E-state index in [0.29, 0.717) is 23.7 Å². The highest BCUT2D eigenvalue weighted by atomic mass is 16.2. The molecular weight excluding hydrogens is 350 g/mol. The van der Waals surface area contributed by atoms with Crippen LogP contribution in [0.15, 0.2) is 48.5 Å². The Labute approximate surface area is 167 Å². The van der Waals surface area contributed by atoms with Gasteiger partial charge in [0.15, 0.2) is 0 Å². The Balaban J connectivity index is 1.64. The third-order valence-electron chi connectivity index (χ3n) is 5.09. The molecule has 0 aliphatic carbocycles. The Morgan fingerprint density at radius 3 is 2.50 bits per heavy atom. The highest BCUT2D eigenvalue weighted by Crippen LogP contribution is 2.21. The van der Waals surface area contributed by atoms with Gasteiger partial charge in [-0.05, 0) is 54.7 Å². The van der Waals surface area contributed by atoms with Crippen molar-refractivity contribution in [2.75, 3.05) is 23.7 Å². The highest BCUT2D eigenvalue weighted by Gasteiger charge is 2.24. The number of benzene rings is 2. The molecule has 0 unspecified atom stereocenters. The second-order valence-corrected chi connectivity index (χ2v) is 7.77. The van der Waals surface area contributed by atoms with E-state index in [1.165, 1.54) is 12.5 Å². The van der Waals surface area contributed by atoms with Crippen LogP contribution in [-0.2, 0) is 4.79 Å². The summed E-state index contributed by atoms with van der Waals surface area (Å²) in [6.45, 7) is 7.27. The second-order valence-electron chi connectivity index (χ2n) is 7.77. The Kier molecular flexibility index (Phi) is 6.34. The maximum absolute atomic E-state index is 12.9. The third-order valence-corrected chi connectivity index (χ3v) is 5.09. The zero-order valence-corrected chi connectivity index (χ0v) is 16.9. The minimum Gasteiger partial charge on any atom is -0.381 e. The lowest BCUT2D eigenvalue weighted by molar-refractivity contribution is -0.114. The normalized spacial score (nSPS) is 16.7. The maximum Gasteiger partial charge on any atom is 0.253 e. The van der Waals surface area contributed by atoms with Gasteiger partial charge in [0.2, 0.25) is 5.91 Å². The molecule has 3 rings (SSSR count). The van der Waals surface area contributed by atoms with Crippen molar-refractivity contribution in [2.24, 2.45) is 0 Å². The monoisotopic (exact) mass is 379 g/mol. The van der Waals surface area contributed by atoms with E-state index in [0.717, 1.165) is 25.1 Å². The molecule has 148 valence electrons. The van der Waals surface area contributed by atoms with E-state index in [1.807, 2.05) is 4.90 Å². The molecule has 0 aromatic heterocycles. The van der Waals surface area contributed by atoms with Gasteiger partial charge in [0.1, 0.15) is 0 Å². The molecule has 2 N–H and O–H groups in total. The fourth-order valence-corrected chi connectivity index (χ4v) is 3.60. The molecule has 1 heterocycles. The van der Waals surface area contributed by atoms with Gasteiger partial charge in [0.25, 0.3) is 5.91 Å². The second kappa shape index (κ2) is 8.91. The van der Waals surface area contributed by atoms with Crippen molar-refractivity contribution in [3.63, 3.8) is 0 Å². The first kappa shape index (κ1) is 19.9. The van der Waals surface area contributed by atoms with Gasteiger partial charge in [-0.1, -0.05) is 32.0 Å². The van der Waals surface area contributed by atoms with Gasteiger partial charge in [0, 0.05) is 43.0 Å². The van der Waals surface area contributed by atoms with Gasteiger partial charge in [-0.25, -0.2) is 0 Å². The summed E-state index contributed by atoms with van der Waals surface area (Å²) in [5.74, 6) is 0.384. The lowest BCUT2D eigenvalue weighted by atomic mass is 10.0. The van der Waals surface area contributed by atoms with Crippen LogP contribution in [0.2, 0.25) is 0 Å². The number of hydrogen-bond acceptors (Lipinski definition) is 3. The molecule has 0 radical (unpaired) electrons. The molecular formula is C23H29N3O2. The van der Waals surface area contributed by atoms with E-state index in [1.54, 1.807) is 24.3 Å². The number of amides is 2. The quantitative estimate of drug-likeness (QED) is 0.805. The van der Waals surface area contributed by atoms with Crippen molar-refractivity contribution in [1.82, 2.24) is 4.90 Å². The molecule has 28 heavy (non-hydrogen) atoms. The van der Waals surface area contributed by atoms with Gasteiger partial charge in [-0.2, -0.15) is 0 Å². The van der Waals surface area contributed by atoms with E-state index < -0.39 is 0 Å². The number of nitrogens with one attached hydrogen (secondary N) is 2. The number of likely N-dealkylation sites (tertiary alicyclic amines) is 1. The molecule has 0 saturated carbocycles. The van der Waals surface area contributed by atoms with Crippen LogP contribution in [0.5, 0.6) is 0 Å². The molecule has 1 aliphatic rings. The Bertz CT molecular complexity index is 830. The first-order valence-electron chi connectivity index (χ1n) is 9.96. The first-order chi connectivity index (χ1) is 13.4. The maximum atomic E-state index is 12.9. The molecule has 0 bridgehead atoms. The summed E-state index contributed by atoms with van der Waals surface area (Å²) >= 11 is 0. The molecule has 2 aromatic rings. The summed E-state index contributed by atoms with van der Waals surface area (Å²) in [7, 11) is 0. The fraction of sp³-hybridized carbons (Fsp3) is 0.391. The predicted molar refractivity (Wildman–Crippen MR) is 114 cm³/mol. The van der Waals surface area contributed by atoms with Gasteiger partial charge in [-0.3, -0.25) is 9.59 Å². The number of carbonyl (C=O) groups is 2. The lowest BCUT2D eigenvalue weighted by Gasteiger charge is -2.34. The lowest BCUT2D eigenvalue weighted by Crippen LogP contribution is -2.45. The fourth-order valence-electron chi connectivity index (χ4n) is 3.60. The summed E-state index contributed by atoms with van der Waals surface area (Å²) in [5.41, 5.74) is 3.67. The molecule has 1 atom stereocenters. The van der Waals surface area contributed by atoms with Crippen molar-refractivity contribution in [3.8, 4) is 0 Å². The van der Waals surface area contributed by atoms with Crippen LogP contribution in [0, 0.1) is 0 Å². The summed E-state index contributed by atoms with van der Waals surface area (Å²) in [6.07, 6.45) is 2.01. The van der Waals surface area contributed by atoms with Crippen LogP contribution in [0.4, 0.5) is 11.4 Å². The summed E-state index contributed by atoms with van der Waals surface area (Å²) < 4.78 is 0. The van der Waals surface area contributed by atoms with Crippen molar-refractivity contribution in [3.05, 3.63) is 59.7 Å². The smallest absolute Gasteiger partial charge is 0.253 e. The largest absolute Gasteiger partial charge is 0.381 e. The standard InChI is InChI=1S/C23H29N3O2/c1-16(2)18-9-11-20(12-10-18)25-22-8-5-13-26(15-22)23(28)19-6-4-7-21(14-19)24-17(3)27/h4,6-7,9-12,14,16,22,25H,5,8,13,15H2,1-3H3,(H,24,27)/t22-/m0/s1. The summed E-state index contributed by atoms with van der Waals surface area (Å²) in [5, 5.41) is 6.30. The van der Waals surface area contributed by atoms with Crippen LogP contribution in [0.3, 0.4) is 0 Å². The van der Waals surface area contributed by atoms with Crippen molar-refractivity contribution >= 4 is 23.2 Å². The Morgan fingerprint density at radius 1 is 1.07 bits per heavy atom. The minimum atomic E-state index is -0.143. The predicted octanol–water partition coefficient (Wildman–Crippen LogP) is 4.49. The van der Waals surface area contributed by atoms with Gasteiger partial charge in [-0.15, -0.1) is 0 Å². The molecule has 2 amide bonds. The zero-order valence-electron chi connectivity index (χ0n) is 16.9. The van der Waals surface area contributed by atoms with E-state index >= 15 is 0 Å². The SMILES string of the molecule is CC(=O)Nc1cccc(C(=O)N2CCC[C@H](Nc3ccc(C(C)C)cc3)C2)c1. The van der Waals surface area contributed by atoms with Crippen molar-refractivity contribution in [1.29, 1.82) is 0 Å². The van der Waals surface area contributed by atoms with Crippen LogP contribution in [0.1, 0.15) is 55.5 Å². The van der Waals surface area contributed by atoms with Gasteiger partial charge in [0.05, 0.1) is 0 Å². The Hall–Kier alpha value is -2.82. The molecule has 1 fully saturated rings. The van der Waals surface area contributed by atoms with Crippen LogP contribution in [0.25, 0.3) is 0 Å². The zero-order chi connectivity index (χ0) is 20.1. The van der Waals surface area contributed by atoms with Crippen LogP contribution < -0.4 is 10.6 Å². The van der Waals surface area contributed by atoms with E-state index in [9.17, 15) is 9.59 Å². The van der Waals surface area contributed by atoms with Gasteiger partial charge < -0.3 is 15.5 Å². The molecule has 0 spiro atoms. The number of nitrogens with zero attached hydrogens (tertiary/aromatic N) is 1. The summed E-state index contributed by atoms with van der Waals surface area (Å²) in [4.78, 5) is 26.1. The number of hydrogen-bond donors (Lipinski definition) is 2. The third kappa shape index (κ3) is 5.12. The molecule has 1 saturated heterocycles. The van der Waals surface area contributed by atoms with E-state index in [4.69, 9.17) is 0 Å². The summed E-state index contributed by atoms with van der Waals surface area (Å²) in [6, 6.07) is 15.9. The topological polar surface area (TPSA) is 61.4 Å². The van der Waals surface area contributed by atoms with Crippen molar-refractivity contribution in [2.45, 2.75) is 45.6 Å². The molecule has 1 aliphatic heterocycles. The number of rotatable bonds is 5. The van der Waals surface area contributed by atoms with Crippen LogP contribution >= 0.6 is 0 Å². The molecule has 5 nitrogen and oxygen atoms in total.